The first kappa shape index (κ1) is 26.7. The van der Waals surface area contributed by atoms with Gasteiger partial charge in [-0.25, -0.2) is 4.79 Å². The minimum Gasteiger partial charge on any atom is -0.493 e. The van der Waals surface area contributed by atoms with E-state index in [2.05, 4.69) is 0 Å². The molecule has 0 fully saturated rings. The Morgan fingerprint density at radius 2 is 1.53 bits per heavy atom. The van der Waals surface area contributed by atoms with Gasteiger partial charge in [-0.15, -0.1) is 0 Å². The van der Waals surface area contributed by atoms with Crippen molar-refractivity contribution < 1.29 is 38.0 Å². The van der Waals surface area contributed by atoms with Gasteiger partial charge in [0.1, 0.15) is 12.4 Å². The molecule has 0 saturated heterocycles. The van der Waals surface area contributed by atoms with Crippen molar-refractivity contribution >= 4 is 11.9 Å². The minimum absolute atomic E-state index is 0.165. The number of hydrogen-bond acceptors (Lipinski definition) is 8. The third-order valence-electron chi connectivity index (χ3n) is 6.58. The van der Waals surface area contributed by atoms with Gasteiger partial charge in [0.05, 0.1) is 52.7 Å². The number of fused-ring (bicyclic) bond motifs is 1. The summed E-state index contributed by atoms with van der Waals surface area (Å²) in [5.41, 5.74) is 2.75. The number of benzene rings is 3. The number of carbonyl (C=O) groups excluding carboxylic acids is 2. The number of nitrogens with zero attached hydrogens (tertiary/aromatic N) is 1. The van der Waals surface area contributed by atoms with E-state index in [1.807, 2.05) is 12.1 Å². The van der Waals surface area contributed by atoms with Crippen LogP contribution in [0.3, 0.4) is 0 Å². The van der Waals surface area contributed by atoms with Crippen LogP contribution in [0.1, 0.15) is 37.9 Å². The Labute approximate surface area is 221 Å². The van der Waals surface area contributed by atoms with Crippen LogP contribution in [-0.4, -0.2) is 65.5 Å². The summed E-state index contributed by atoms with van der Waals surface area (Å²) in [4.78, 5) is 27.5. The van der Waals surface area contributed by atoms with Crippen LogP contribution in [0.25, 0.3) is 0 Å². The average molecular weight is 522 g/mol. The van der Waals surface area contributed by atoms with E-state index < -0.39 is 12.0 Å². The Bertz CT molecular complexity index is 1300. The maximum absolute atomic E-state index is 13.9. The number of amides is 1. The predicted molar refractivity (Wildman–Crippen MR) is 140 cm³/mol. The lowest BCUT2D eigenvalue weighted by atomic mass is 9.91. The lowest BCUT2D eigenvalue weighted by molar-refractivity contribution is 0.0579. The first-order valence-electron chi connectivity index (χ1n) is 12.0. The molecule has 9 nitrogen and oxygen atoms in total. The normalized spacial score (nSPS) is 14.2. The number of para-hydroxylation sites is 1. The summed E-state index contributed by atoms with van der Waals surface area (Å²) in [7, 11) is 7.54. The molecule has 1 aliphatic heterocycles. The molecule has 1 heterocycles. The number of methoxy groups -OCH3 is 5. The molecular weight excluding hydrogens is 490 g/mol. The van der Waals surface area contributed by atoms with Crippen molar-refractivity contribution in [2.75, 3.05) is 48.7 Å². The molecular formula is C29H31NO8. The molecule has 0 bridgehead atoms. The van der Waals surface area contributed by atoms with E-state index >= 15 is 0 Å². The maximum atomic E-state index is 13.9. The Balaban J connectivity index is 1.71. The van der Waals surface area contributed by atoms with Gasteiger partial charge < -0.3 is 33.3 Å². The molecule has 0 aliphatic carbocycles. The standard InChI is InChI=1S/C29H31NO8/c1-33-24-8-6-7-21(27(24)36-4)28(31)30-14-13-19-15-25(34-2)26(35-3)16-22(19)23(30)17-38-20-11-9-18(10-12-20)29(32)37-5/h6-12,15-16,23H,13-14,17H2,1-5H3. The molecule has 3 aromatic rings. The lowest BCUT2D eigenvalue weighted by Crippen LogP contribution is -2.42. The van der Waals surface area contributed by atoms with Crippen LogP contribution >= 0.6 is 0 Å². The fourth-order valence-corrected chi connectivity index (χ4v) is 4.64. The zero-order valence-electron chi connectivity index (χ0n) is 22.1. The van der Waals surface area contributed by atoms with E-state index in [-0.39, 0.29) is 12.5 Å². The molecule has 9 heteroatoms. The lowest BCUT2D eigenvalue weighted by Gasteiger charge is -2.38. The highest BCUT2D eigenvalue weighted by atomic mass is 16.5. The zero-order valence-corrected chi connectivity index (χ0v) is 22.1. The number of rotatable bonds is 9. The second-order valence-electron chi connectivity index (χ2n) is 8.54. The minimum atomic E-state index is -0.442. The number of carbonyl (C=O) groups is 2. The Hall–Kier alpha value is -4.40. The van der Waals surface area contributed by atoms with Crippen molar-refractivity contribution in [2.45, 2.75) is 12.5 Å². The molecule has 3 aromatic carbocycles. The molecule has 4 rings (SSSR count). The van der Waals surface area contributed by atoms with E-state index in [4.69, 9.17) is 28.4 Å². The van der Waals surface area contributed by atoms with Gasteiger partial charge in [-0.3, -0.25) is 4.79 Å². The van der Waals surface area contributed by atoms with Gasteiger partial charge in [-0.1, -0.05) is 6.07 Å². The van der Waals surface area contributed by atoms with Gasteiger partial charge in [0.15, 0.2) is 23.0 Å². The van der Waals surface area contributed by atoms with Crippen molar-refractivity contribution in [3.63, 3.8) is 0 Å². The van der Waals surface area contributed by atoms with Gasteiger partial charge >= 0.3 is 5.97 Å². The highest BCUT2D eigenvalue weighted by Gasteiger charge is 2.35. The maximum Gasteiger partial charge on any atom is 0.337 e. The van der Waals surface area contributed by atoms with Crippen LogP contribution < -0.4 is 23.7 Å². The van der Waals surface area contributed by atoms with Gasteiger partial charge in [0.25, 0.3) is 5.91 Å². The molecule has 0 N–H and O–H groups in total. The summed E-state index contributed by atoms with van der Waals surface area (Å²) in [6, 6.07) is 15.3. The summed E-state index contributed by atoms with van der Waals surface area (Å²) < 4.78 is 32.9. The quantitative estimate of drug-likeness (QED) is 0.385. The second-order valence-corrected chi connectivity index (χ2v) is 8.54. The molecule has 0 radical (unpaired) electrons. The molecule has 0 saturated carbocycles. The van der Waals surface area contributed by atoms with Crippen LogP contribution in [0.15, 0.2) is 54.6 Å². The van der Waals surface area contributed by atoms with Gasteiger partial charge in [-0.05, 0) is 66.1 Å². The largest absolute Gasteiger partial charge is 0.493 e. The van der Waals surface area contributed by atoms with E-state index in [1.54, 1.807) is 61.6 Å². The smallest absolute Gasteiger partial charge is 0.337 e. The Kier molecular flexibility index (Phi) is 8.25. The summed E-state index contributed by atoms with van der Waals surface area (Å²) >= 11 is 0. The third-order valence-corrected chi connectivity index (χ3v) is 6.58. The highest BCUT2D eigenvalue weighted by Crippen LogP contribution is 2.40. The Morgan fingerprint density at radius 3 is 2.16 bits per heavy atom. The third kappa shape index (κ3) is 5.18. The molecule has 38 heavy (non-hydrogen) atoms. The molecule has 0 aromatic heterocycles. The van der Waals surface area contributed by atoms with E-state index in [0.29, 0.717) is 52.8 Å². The van der Waals surface area contributed by atoms with Crippen LogP contribution in [0.2, 0.25) is 0 Å². The molecule has 1 atom stereocenters. The molecule has 1 aliphatic rings. The van der Waals surface area contributed by atoms with Crippen LogP contribution in [0.5, 0.6) is 28.7 Å². The topological polar surface area (TPSA) is 92.8 Å². The summed E-state index contributed by atoms with van der Waals surface area (Å²) in [6.07, 6.45) is 0.623. The second kappa shape index (κ2) is 11.8. The summed E-state index contributed by atoms with van der Waals surface area (Å²) in [6.45, 7) is 0.620. The number of hydrogen-bond donors (Lipinski definition) is 0. The van der Waals surface area contributed by atoms with E-state index in [9.17, 15) is 9.59 Å². The van der Waals surface area contributed by atoms with Gasteiger partial charge in [0, 0.05) is 6.54 Å². The van der Waals surface area contributed by atoms with Crippen LogP contribution in [-0.2, 0) is 11.2 Å². The van der Waals surface area contributed by atoms with E-state index in [1.165, 1.54) is 21.3 Å². The number of esters is 1. The molecule has 1 unspecified atom stereocenters. The average Bonchev–Trinajstić information content (AvgIpc) is 2.97. The Morgan fingerprint density at radius 1 is 0.842 bits per heavy atom. The first-order valence-corrected chi connectivity index (χ1v) is 12.0. The summed E-state index contributed by atoms with van der Waals surface area (Å²) in [5.74, 6) is 1.94. The SMILES string of the molecule is COC(=O)c1ccc(OCC2c3cc(OC)c(OC)cc3CCN2C(=O)c2cccc(OC)c2OC)cc1. The van der Waals surface area contributed by atoms with Crippen molar-refractivity contribution in [3.8, 4) is 28.7 Å². The first-order chi connectivity index (χ1) is 18.4. The van der Waals surface area contributed by atoms with Crippen molar-refractivity contribution in [1.82, 2.24) is 4.90 Å². The van der Waals surface area contributed by atoms with Gasteiger partial charge in [0.2, 0.25) is 0 Å². The molecule has 0 spiro atoms. The number of ether oxygens (including phenoxy) is 6. The fraction of sp³-hybridized carbons (Fsp3) is 0.310. The van der Waals surface area contributed by atoms with Crippen molar-refractivity contribution in [2.24, 2.45) is 0 Å². The molecule has 1 amide bonds. The predicted octanol–water partition coefficient (Wildman–Crippen LogP) is 4.33. The zero-order chi connectivity index (χ0) is 27.2. The molecule has 200 valence electrons. The highest BCUT2D eigenvalue weighted by molar-refractivity contribution is 5.98. The van der Waals surface area contributed by atoms with Gasteiger partial charge in [-0.2, -0.15) is 0 Å². The summed E-state index contributed by atoms with van der Waals surface area (Å²) in [5, 5.41) is 0. The monoisotopic (exact) mass is 521 g/mol. The van der Waals surface area contributed by atoms with Crippen molar-refractivity contribution in [1.29, 1.82) is 0 Å². The van der Waals surface area contributed by atoms with E-state index in [0.717, 1.165) is 11.1 Å². The fourth-order valence-electron chi connectivity index (χ4n) is 4.64. The van der Waals surface area contributed by atoms with Crippen LogP contribution in [0, 0.1) is 0 Å². The van der Waals surface area contributed by atoms with Crippen LogP contribution in [0.4, 0.5) is 0 Å². The van der Waals surface area contributed by atoms with Crippen molar-refractivity contribution in [3.05, 3.63) is 76.9 Å².